The summed E-state index contributed by atoms with van der Waals surface area (Å²) in [5.74, 6) is 3.20. The van der Waals surface area contributed by atoms with Crippen LogP contribution in [0.1, 0.15) is 45.4 Å². The van der Waals surface area contributed by atoms with E-state index in [9.17, 15) is 0 Å². The maximum absolute atomic E-state index is 4.49. The predicted octanol–water partition coefficient (Wildman–Crippen LogP) is 3.52. The molecular weight excluding hydrogens is 164 g/mol. The van der Waals surface area contributed by atoms with Crippen LogP contribution in [0.2, 0.25) is 0 Å². The van der Waals surface area contributed by atoms with Crippen molar-refractivity contribution in [2.45, 2.75) is 45.4 Å². The quantitative estimate of drug-likeness (QED) is 0.592. The van der Waals surface area contributed by atoms with Gasteiger partial charge < -0.3 is 0 Å². The molecule has 0 N–H and O–H groups in total. The summed E-state index contributed by atoms with van der Waals surface area (Å²) in [6.45, 7) is 2.44. The highest BCUT2D eigenvalue weighted by molar-refractivity contribution is 7.80. The Morgan fingerprint density at radius 3 is 2.33 bits per heavy atom. The molecule has 2 aliphatic rings. The molecule has 0 amide bonds. The molecule has 2 unspecified atom stereocenters. The van der Waals surface area contributed by atoms with Crippen molar-refractivity contribution in [3.05, 3.63) is 0 Å². The molecule has 0 aliphatic heterocycles. The number of hydrogen-bond donors (Lipinski definition) is 1. The van der Waals surface area contributed by atoms with Crippen molar-refractivity contribution in [1.29, 1.82) is 0 Å². The van der Waals surface area contributed by atoms with E-state index in [4.69, 9.17) is 0 Å². The Balaban J connectivity index is 2.05. The fourth-order valence-electron chi connectivity index (χ4n) is 3.38. The van der Waals surface area contributed by atoms with Gasteiger partial charge in [-0.25, -0.2) is 0 Å². The monoisotopic (exact) mass is 184 g/mol. The van der Waals surface area contributed by atoms with Crippen LogP contribution in [0, 0.1) is 17.3 Å². The first-order valence-corrected chi connectivity index (χ1v) is 5.96. The summed E-state index contributed by atoms with van der Waals surface area (Å²) in [5.41, 5.74) is 0.580. The van der Waals surface area contributed by atoms with E-state index >= 15 is 0 Å². The van der Waals surface area contributed by atoms with Gasteiger partial charge in [0.2, 0.25) is 0 Å². The Kier molecular flexibility index (Phi) is 2.42. The van der Waals surface area contributed by atoms with Gasteiger partial charge in [0, 0.05) is 0 Å². The normalized spacial score (nSPS) is 47.5. The number of thiol groups is 1. The van der Waals surface area contributed by atoms with Crippen LogP contribution in [0.4, 0.5) is 0 Å². The molecule has 12 heavy (non-hydrogen) atoms. The van der Waals surface area contributed by atoms with Crippen molar-refractivity contribution in [1.82, 2.24) is 0 Å². The van der Waals surface area contributed by atoms with Crippen molar-refractivity contribution in [3.63, 3.8) is 0 Å². The maximum Gasteiger partial charge on any atom is -0.00436 e. The van der Waals surface area contributed by atoms with Gasteiger partial charge in [-0.3, -0.25) is 0 Å². The van der Waals surface area contributed by atoms with Crippen molar-refractivity contribution in [2.75, 3.05) is 5.75 Å². The summed E-state index contributed by atoms with van der Waals surface area (Å²) in [7, 11) is 0. The molecule has 2 bridgehead atoms. The third-order valence-electron chi connectivity index (χ3n) is 3.84. The second kappa shape index (κ2) is 3.25. The molecule has 2 rings (SSSR count). The summed E-state index contributed by atoms with van der Waals surface area (Å²) in [5, 5.41) is 0. The van der Waals surface area contributed by atoms with Crippen LogP contribution in [0.25, 0.3) is 0 Å². The van der Waals surface area contributed by atoms with Gasteiger partial charge in [0.05, 0.1) is 0 Å². The van der Waals surface area contributed by atoms with E-state index in [1.165, 1.54) is 38.5 Å². The minimum absolute atomic E-state index is 0.580. The Morgan fingerprint density at radius 1 is 1.25 bits per heavy atom. The van der Waals surface area contributed by atoms with E-state index in [-0.39, 0.29) is 0 Å². The zero-order valence-corrected chi connectivity index (χ0v) is 8.95. The third kappa shape index (κ3) is 1.66. The van der Waals surface area contributed by atoms with Crippen LogP contribution in [0.15, 0.2) is 0 Å². The Morgan fingerprint density at radius 2 is 1.83 bits per heavy atom. The summed E-state index contributed by atoms with van der Waals surface area (Å²) >= 11 is 4.49. The third-order valence-corrected chi connectivity index (χ3v) is 4.60. The van der Waals surface area contributed by atoms with Crippen LogP contribution in [0.5, 0.6) is 0 Å². The summed E-state index contributed by atoms with van der Waals surface area (Å²) in [6, 6.07) is 0. The fraction of sp³-hybridized carbons (Fsp3) is 1.00. The van der Waals surface area contributed by atoms with E-state index in [1.807, 2.05) is 0 Å². The zero-order chi connectivity index (χ0) is 8.60. The van der Waals surface area contributed by atoms with E-state index in [0.717, 1.165) is 17.6 Å². The van der Waals surface area contributed by atoms with Crippen molar-refractivity contribution in [3.8, 4) is 0 Å². The van der Waals surface area contributed by atoms with Crippen LogP contribution in [-0.4, -0.2) is 5.75 Å². The lowest BCUT2D eigenvalue weighted by molar-refractivity contribution is 0.0862. The van der Waals surface area contributed by atoms with E-state index in [2.05, 4.69) is 19.6 Å². The highest BCUT2D eigenvalue weighted by atomic mass is 32.1. The lowest BCUT2D eigenvalue weighted by atomic mass is 9.62. The molecule has 0 aromatic rings. The lowest BCUT2D eigenvalue weighted by Crippen LogP contribution is -2.34. The first-order valence-electron chi connectivity index (χ1n) is 5.33. The molecular formula is C11H20S. The maximum atomic E-state index is 4.49. The van der Waals surface area contributed by atoms with Crippen LogP contribution in [0.3, 0.4) is 0 Å². The molecule has 0 spiro atoms. The Bertz CT molecular complexity index is 152. The average Bonchev–Trinajstić information content (AvgIpc) is 2.03. The predicted molar refractivity (Wildman–Crippen MR) is 56.6 cm³/mol. The van der Waals surface area contributed by atoms with Gasteiger partial charge in [0.15, 0.2) is 0 Å². The molecule has 0 saturated heterocycles. The molecule has 2 aliphatic carbocycles. The van der Waals surface area contributed by atoms with Crippen molar-refractivity contribution >= 4 is 12.6 Å². The number of fused-ring (bicyclic) bond motifs is 2. The minimum atomic E-state index is 0.580. The molecule has 0 heterocycles. The molecule has 0 aromatic carbocycles. The van der Waals surface area contributed by atoms with E-state index < -0.39 is 0 Å². The topological polar surface area (TPSA) is 0 Å². The van der Waals surface area contributed by atoms with Gasteiger partial charge in [-0.05, 0) is 42.3 Å². The smallest absolute Gasteiger partial charge is 0.00436 e. The highest BCUT2D eigenvalue weighted by Crippen LogP contribution is 2.48. The van der Waals surface area contributed by atoms with Gasteiger partial charge in [-0.15, -0.1) is 0 Å². The van der Waals surface area contributed by atoms with Gasteiger partial charge in [-0.1, -0.05) is 26.2 Å². The first-order chi connectivity index (χ1) is 5.72. The largest absolute Gasteiger partial charge is 0.179 e. The molecule has 70 valence electrons. The summed E-state index contributed by atoms with van der Waals surface area (Å²) < 4.78 is 0. The van der Waals surface area contributed by atoms with Gasteiger partial charge in [0.25, 0.3) is 0 Å². The second-order valence-electron chi connectivity index (χ2n) is 5.28. The molecule has 0 nitrogen and oxygen atoms in total. The number of rotatable bonds is 1. The minimum Gasteiger partial charge on any atom is -0.179 e. The van der Waals surface area contributed by atoms with Crippen LogP contribution in [-0.2, 0) is 0 Å². The lowest BCUT2D eigenvalue weighted by Gasteiger charge is -2.45. The summed E-state index contributed by atoms with van der Waals surface area (Å²) in [4.78, 5) is 0. The fourth-order valence-corrected chi connectivity index (χ4v) is 3.64. The number of hydrogen-bond acceptors (Lipinski definition) is 1. The van der Waals surface area contributed by atoms with Gasteiger partial charge in [0.1, 0.15) is 0 Å². The molecule has 2 fully saturated rings. The van der Waals surface area contributed by atoms with E-state index in [1.54, 1.807) is 0 Å². The standard InChI is InChI=1S/C11H20S/c1-11(8-12)6-9-3-2-4-10(5-9)7-11/h9-10,12H,2-8H2,1H3. The molecule has 2 saturated carbocycles. The van der Waals surface area contributed by atoms with Gasteiger partial charge >= 0.3 is 0 Å². The van der Waals surface area contributed by atoms with Crippen LogP contribution < -0.4 is 0 Å². The summed E-state index contributed by atoms with van der Waals surface area (Å²) in [6.07, 6.45) is 8.93. The van der Waals surface area contributed by atoms with Gasteiger partial charge in [-0.2, -0.15) is 12.6 Å². The van der Waals surface area contributed by atoms with Crippen molar-refractivity contribution in [2.24, 2.45) is 17.3 Å². The average molecular weight is 184 g/mol. The zero-order valence-electron chi connectivity index (χ0n) is 8.05. The SMILES string of the molecule is CC1(CS)CC2CCCC(C2)C1. The van der Waals surface area contributed by atoms with Crippen LogP contribution >= 0.6 is 12.6 Å². The van der Waals surface area contributed by atoms with Crippen molar-refractivity contribution < 1.29 is 0 Å². The molecule has 2 atom stereocenters. The Hall–Kier alpha value is 0.350. The molecule has 0 radical (unpaired) electrons. The highest BCUT2D eigenvalue weighted by Gasteiger charge is 2.37. The Labute approximate surface area is 81.5 Å². The van der Waals surface area contributed by atoms with E-state index in [0.29, 0.717) is 5.41 Å². The first kappa shape index (κ1) is 8.93. The second-order valence-corrected chi connectivity index (χ2v) is 5.59. The molecule has 0 aromatic heterocycles. The molecule has 1 heteroatoms.